The number of amides is 1. The number of carbonyl (C=O) groups is 1. The zero-order chi connectivity index (χ0) is 16.1. The molecular formula is C17H20N5O. The van der Waals surface area contributed by atoms with Gasteiger partial charge in [0.25, 0.3) is 5.91 Å². The minimum Gasteiger partial charge on any atom is -0.364 e. The third-order valence-electron chi connectivity index (χ3n) is 3.94. The molecule has 0 unspecified atom stereocenters. The van der Waals surface area contributed by atoms with Crippen molar-refractivity contribution in [2.75, 3.05) is 31.1 Å². The van der Waals surface area contributed by atoms with E-state index in [0.717, 1.165) is 50.7 Å². The van der Waals surface area contributed by atoms with E-state index in [4.69, 9.17) is 5.73 Å². The smallest absolute Gasteiger partial charge is 0.268 e. The van der Waals surface area contributed by atoms with Crippen LogP contribution < -0.4 is 10.6 Å². The van der Waals surface area contributed by atoms with Gasteiger partial charge in [-0.2, -0.15) is 0 Å². The SMILES string of the molecule is NC(=O)c1[c]ccc(N2CCCN(Cc3ccccn3)CC2)n1. The van der Waals surface area contributed by atoms with Crippen molar-refractivity contribution < 1.29 is 4.79 Å². The van der Waals surface area contributed by atoms with Crippen LogP contribution in [0.5, 0.6) is 0 Å². The van der Waals surface area contributed by atoms with Gasteiger partial charge in [0.05, 0.1) is 5.69 Å². The summed E-state index contributed by atoms with van der Waals surface area (Å²) in [5, 5.41) is 0. The third kappa shape index (κ3) is 4.04. The van der Waals surface area contributed by atoms with Gasteiger partial charge in [-0.05, 0) is 30.7 Å². The van der Waals surface area contributed by atoms with Crippen LogP contribution in [-0.4, -0.2) is 47.0 Å². The Kier molecular flexibility index (Phi) is 4.83. The van der Waals surface area contributed by atoms with Crippen molar-refractivity contribution >= 4 is 11.7 Å². The highest BCUT2D eigenvalue weighted by Gasteiger charge is 2.17. The van der Waals surface area contributed by atoms with Gasteiger partial charge in [-0.3, -0.25) is 14.7 Å². The Bertz CT molecular complexity index is 661. The second-order valence-corrected chi connectivity index (χ2v) is 5.60. The van der Waals surface area contributed by atoms with Crippen LogP contribution in [-0.2, 0) is 6.54 Å². The molecule has 1 fully saturated rings. The lowest BCUT2D eigenvalue weighted by molar-refractivity contribution is 0.0995. The van der Waals surface area contributed by atoms with Gasteiger partial charge in [-0.25, -0.2) is 4.98 Å². The first-order valence-electron chi connectivity index (χ1n) is 7.78. The molecule has 0 aliphatic carbocycles. The summed E-state index contributed by atoms with van der Waals surface area (Å²) < 4.78 is 0. The lowest BCUT2D eigenvalue weighted by Gasteiger charge is -2.22. The molecule has 1 saturated heterocycles. The average molecular weight is 310 g/mol. The van der Waals surface area contributed by atoms with Crippen LogP contribution in [0.2, 0.25) is 0 Å². The zero-order valence-electron chi connectivity index (χ0n) is 13.0. The van der Waals surface area contributed by atoms with Crippen LogP contribution in [0.25, 0.3) is 0 Å². The maximum Gasteiger partial charge on any atom is 0.268 e. The molecule has 2 N–H and O–H groups in total. The third-order valence-corrected chi connectivity index (χ3v) is 3.94. The van der Waals surface area contributed by atoms with E-state index in [0.29, 0.717) is 0 Å². The fraction of sp³-hybridized carbons (Fsp3) is 0.353. The monoisotopic (exact) mass is 310 g/mol. The molecule has 6 nitrogen and oxygen atoms in total. The minimum absolute atomic E-state index is 0.192. The van der Waals surface area contributed by atoms with E-state index in [2.05, 4.69) is 31.9 Å². The van der Waals surface area contributed by atoms with Gasteiger partial charge in [0, 0.05) is 45.0 Å². The number of anilines is 1. The number of carbonyl (C=O) groups excluding carboxylic acids is 1. The Hall–Kier alpha value is -2.47. The Morgan fingerprint density at radius 3 is 2.91 bits per heavy atom. The summed E-state index contributed by atoms with van der Waals surface area (Å²) >= 11 is 0. The van der Waals surface area contributed by atoms with Crippen molar-refractivity contribution in [3.8, 4) is 0 Å². The van der Waals surface area contributed by atoms with E-state index in [1.54, 1.807) is 6.07 Å². The van der Waals surface area contributed by atoms with Crippen LogP contribution in [0.3, 0.4) is 0 Å². The highest BCUT2D eigenvalue weighted by Crippen LogP contribution is 2.15. The summed E-state index contributed by atoms with van der Waals surface area (Å²) in [7, 11) is 0. The number of primary amides is 1. The number of pyridine rings is 2. The maximum absolute atomic E-state index is 11.3. The molecule has 2 aromatic heterocycles. The van der Waals surface area contributed by atoms with E-state index >= 15 is 0 Å². The number of rotatable bonds is 4. The van der Waals surface area contributed by atoms with Crippen LogP contribution in [0.4, 0.5) is 5.82 Å². The van der Waals surface area contributed by atoms with E-state index in [1.165, 1.54) is 0 Å². The van der Waals surface area contributed by atoms with Crippen molar-refractivity contribution in [1.82, 2.24) is 14.9 Å². The molecule has 1 amide bonds. The molecule has 3 heterocycles. The summed E-state index contributed by atoms with van der Waals surface area (Å²) in [6, 6.07) is 12.4. The highest BCUT2D eigenvalue weighted by atomic mass is 16.1. The quantitative estimate of drug-likeness (QED) is 0.915. The Balaban J connectivity index is 1.64. The largest absolute Gasteiger partial charge is 0.364 e. The Morgan fingerprint density at radius 1 is 1.22 bits per heavy atom. The van der Waals surface area contributed by atoms with E-state index in [1.807, 2.05) is 24.4 Å². The van der Waals surface area contributed by atoms with Crippen molar-refractivity contribution in [3.63, 3.8) is 0 Å². The zero-order valence-corrected chi connectivity index (χ0v) is 13.0. The van der Waals surface area contributed by atoms with Crippen LogP contribution in [0.15, 0.2) is 36.5 Å². The van der Waals surface area contributed by atoms with Gasteiger partial charge in [-0.15, -0.1) is 0 Å². The summed E-state index contributed by atoms with van der Waals surface area (Å²) in [6.45, 7) is 4.59. The standard InChI is InChI=1S/C17H20N5O/c18-17(23)15-6-3-7-16(20-15)22-10-4-9-21(11-12-22)13-14-5-1-2-8-19-14/h1-3,5,7-8H,4,9-13H2,(H2,18,23). The first kappa shape index (κ1) is 15.4. The number of hydrogen-bond acceptors (Lipinski definition) is 5. The second kappa shape index (κ2) is 7.19. The highest BCUT2D eigenvalue weighted by molar-refractivity contribution is 5.90. The van der Waals surface area contributed by atoms with Crippen LogP contribution in [0, 0.1) is 6.07 Å². The van der Waals surface area contributed by atoms with Gasteiger partial charge in [0.15, 0.2) is 0 Å². The second-order valence-electron chi connectivity index (χ2n) is 5.60. The molecule has 1 aliphatic heterocycles. The Labute approximate surface area is 135 Å². The molecule has 6 heteroatoms. The van der Waals surface area contributed by atoms with E-state index in [-0.39, 0.29) is 5.69 Å². The molecule has 1 aliphatic rings. The maximum atomic E-state index is 11.3. The molecule has 119 valence electrons. The summed E-state index contributed by atoms with van der Waals surface area (Å²) in [6.07, 6.45) is 2.87. The number of aromatic nitrogens is 2. The van der Waals surface area contributed by atoms with Crippen LogP contribution in [0.1, 0.15) is 22.6 Å². The summed E-state index contributed by atoms with van der Waals surface area (Å²) in [5.74, 6) is 0.246. The summed E-state index contributed by atoms with van der Waals surface area (Å²) in [5.41, 5.74) is 6.56. The van der Waals surface area contributed by atoms with Crippen molar-refractivity contribution in [2.45, 2.75) is 13.0 Å². The van der Waals surface area contributed by atoms with E-state index < -0.39 is 5.91 Å². The topological polar surface area (TPSA) is 75.4 Å². The molecular weight excluding hydrogens is 290 g/mol. The fourth-order valence-corrected chi connectivity index (χ4v) is 2.76. The lowest BCUT2D eigenvalue weighted by Crippen LogP contribution is -2.31. The van der Waals surface area contributed by atoms with E-state index in [9.17, 15) is 4.79 Å². The summed E-state index contributed by atoms with van der Waals surface area (Å²) in [4.78, 5) is 24.5. The van der Waals surface area contributed by atoms with Crippen molar-refractivity contribution in [3.05, 3.63) is 54.0 Å². The average Bonchev–Trinajstić information content (AvgIpc) is 2.81. The van der Waals surface area contributed by atoms with Crippen molar-refractivity contribution in [2.24, 2.45) is 5.73 Å². The van der Waals surface area contributed by atoms with Gasteiger partial charge in [0.2, 0.25) is 0 Å². The first-order valence-corrected chi connectivity index (χ1v) is 7.78. The number of nitrogens with two attached hydrogens (primary N) is 1. The van der Waals surface area contributed by atoms with Gasteiger partial charge in [-0.1, -0.05) is 6.07 Å². The first-order chi connectivity index (χ1) is 11.2. The predicted molar refractivity (Wildman–Crippen MR) is 87.9 cm³/mol. The predicted octanol–water partition coefficient (Wildman–Crippen LogP) is 1.09. The molecule has 23 heavy (non-hydrogen) atoms. The lowest BCUT2D eigenvalue weighted by atomic mass is 10.3. The normalized spacial score (nSPS) is 16.1. The van der Waals surface area contributed by atoms with Gasteiger partial charge < -0.3 is 10.6 Å². The molecule has 2 aromatic rings. The number of hydrogen-bond donors (Lipinski definition) is 1. The van der Waals surface area contributed by atoms with Gasteiger partial charge >= 0.3 is 0 Å². The molecule has 0 spiro atoms. The molecule has 0 aromatic carbocycles. The minimum atomic E-state index is -0.543. The van der Waals surface area contributed by atoms with Gasteiger partial charge in [0.1, 0.15) is 11.5 Å². The molecule has 3 rings (SSSR count). The van der Waals surface area contributed by atoms with Crippen molar-refractivity contribution in [1.29, 1.82) is 0 Å². The fourth-order valence-electron chi connectivity index (χ4n) is 2.76. The molecule has 0 atom stereocenters. The molecule has 0 saturated carbocycles. The number of nitrogens with zero attached hydrogens (tertiary/aromatic N) is 4. The molecule has 1 radical (unpaired) electrons. The van der Waals surface area contributed by atoms with Crippen LogP contribution >= 0.6 is 0 Å². The Morgan fingerprint density at radius 2 is 2.13 bits per heavy atom. The molecule has 0 bridgehead atoms.